The lowest BCUT2D eigenvalue weighted by Crippen LogP contribution is -2.30. The molecule has 15 heavy (non-hydrogen) atoms. The number of carbonyl (C=O) groups excluding carboxylic acids is 1. The number of benzene rings is 1. The maximum atomic E-state index is 11.6. The van der Waals surface area contributed by atoms with E-state index in [0.717, 1.165) is 4.47 Å². The Morgan fingerprint density at radius 1 is 1.60 bits per heavy atom. The molecular formula is C10H11BrClNO2. The van der Waals surface area contributed by atoms with Crippen LogP contribution in [-0.2, 0) is 0 Å². The van der Waals surface area contributed by atoms with Gasteiger partial charge in [-0.2, -0.15) is 0 Å². The lowest BCUT2D eigenvalue weighted by atomic mass is 10.2. The van der Waals surface area contributed by atoms with Gasteiger partial charge in [0.2, 0.25) is 0 Å². The monoisotopic (exact) mass is 291 g/mol. The molecule has 82 valence electrons. The van der Waals surface area contributed by atoms with Crippen LogP contribution < -0.4 is 5.32 Å². The van der Waals surface area contributed by atoms with E-state index in [9.17, 15) is 4.79 Å². The molecule has 0 heterocycles. The fourth-order valence-electron chi connectivity index (χ4n) is 1.03. The third-order valence-electron chi connectivity index (χ3n) is 1.68. The molecule has 0 saturated carbocycles. The van der Waals surface area contributed by atoms with Gasteiger partial charge in [-0.05, 0) is 25.1 Å². The zero-order chi connectivity index (χ0) is 11.4. The predicted octanol–water partition coefficient (Wildman–Crippen LogP) is 2.21. The van der Waals surface area contributed by atoms with Gasteiger partial charge in [0.15, 0.2) is 0 Å². The Balaban J connectivity index is 2.73. The smallest absolute Gasteiger partial charge is 0.251 e. The Morgan fingerprint density at radius 2 is 2.27 bits per heavy atom. The molecule has 0 fully saturated rings. The molecule has 0 aliphatic heterocycles. The topological polar surface area (TPSA) is 49.3 Å². The van der Waals surface area contributed by atoms with Crippen molar-refractivity contribution in [1.29, 1.82) is 0 Å². The maximum Gasteiger partial charge on any atom is 0.251 e. The van der Waals surface area contributed by atoms with E-state index in [0.29, 0.717) is 10.6 Å². The van der Waals surface area contributed by atoms with E-state index < -0.39 is 6.10 Å². The van der Waals surface area contributed by atoms with Gasteiger partial charge in [-0.1, -0.05) is 27.5 Å². The zero-order valence-electron chi connectivity index (χ0n) is 8.13. The van der Waals surface area contributed by atoms with Crippen LogP contribution in [0.5, 0.6) is 0 Å². The Morgan fingerprint density at radius 3 is 2.80 bits per heavy atom. The minimum atomic E-state index is -0.559. The molecule has 0 aromatic heterocycles. The van der Waals surface area contributed by atoms with Gasteiger partial charge >= 0.3 is 0 Å². The Bertz CT molecular complexity index is 348. The van der Waals surface area contributed by atoms with E-state index in [-0.39, 0.29) is 12.5 Å². The molecule has 0 saturated heterocycles. The lowest BCUT2D eigenvalue weighted by Gasteiger charge is -2.07. The molecule has 3 nitrogen and oxygen atoms in total. The number of carbonyl (C=O) groups is 1. The summed E-state index contributed by atoms with van der Waals surface area (Å²) in [7, 11) is 0. The van der Waals surface area contributed by atoms with Crippen LogP contribution in [0, 0.1) is 0 Å². The summed E-state index contributed by atoms with van der Waals surface area (Å²) in [6, 6.07) is 4.94. The molecule has 1 amide bonds. The van der Waals surface area contributed by atoms with Crippen molar-refractivity contribution in [2.75, 3.05) is 6.54 Å². The van der Waals surface area contributed by atoms with E-state index in [4.69, 9.17) is 16.7 Å². The number of halogens is 2. The first-order valence-corrected chi connectivity index (χ1v) is 5.58. The van der Waals surface area contributed by atoms with Crippen molar-refractivity contribution in [3.05, 3.63) is 33.3 Å². The number of nitrogens with one attached hydrogen (secondary N) is 1. The third-order valence-corrected chi connectivity index (χ3v) is 2.36. The van der Waals surface area contributed by atoms with Crippen LogP contribution in [0.15, 0.2) is 22.7 Å². The molecule has 1 atom stereocenters. The van der Waals surface area contributed by atoms with Gasteiger partial charge in [-0.3, -0.25) is 4.79 Å². The Hall–Kier alpha value is -0.580. The molecule has 0 spiro atoms. The van der Waals surface area contributed by atoms with Crippen molar-refractivity contribution in [3.8, 4) is 0 Å². The number of amides is 1. The van der Waals surface area contributed by atoms with Crippen LogP contribution in [0.25, 0.3) is 0 Å². The van der Waals surface area contributed by atoms with Crippen LogP contribution >= 0.6 is 27.5 Å². The van der Waals surface area contributed by atoms with Crippen molar-refractivity contribution < 1.29 is 9.90 Å². The number of hydrogen-bond acceptors (Lipinski definition) is 2. The highest BCUT2D eigenvalue weighted by molar-refractivity contribution is 9.10. The van der Waals surface area contributed by atoms with E-state index in [1.54, 1.807) is 25.1 Å². The van der Waals surface area contributed by atoms with E-state index >= 15 is 0 Å². The SMILES string of the molecule is C[C@H](O)CNC(=O)c1cc(Cl)cc(Br)c1. The van der Waals surface area contributed by atoms with Gasteiger partial charge in [-0.25, -0.2) is 0 Å². The average Bonchev–Trinajstić information content (AvgIpc) is 2.12. The van der Waals surface area contributed by atoms with Crippen LogP contribution in [0.1, 0.15) is 17.3 Å². The molecule has 1 aromatic carbocycles. The fraction of sp³-hybridized carbons (Fsp3) is 0.300. The van der Waals surface area contributed by atoms with Crippen molar-refractivity contribution in [3.63, 3.8) is 0 Å². The second-order valence-electron chi connectivity index (χ2n) is 3.22. The first-order chi connectivity index (χ1) is 6.99. The normalized spacial score (nSPS) is 12.3. The zero-order valence-corrected chi connectivity index (χ0v) is 10.5. The molecule has 2 N–H and O–H groups in total. The standard InChI is InChI=1S/C10H11BrClNO2/c1-6(14)5-13-10(15)7-2-8(11)4-9(12)3-7/h2-4,6,14H,5H2,1H3,(H,13,15)/t6-/m0/s1. The first kappa shape index (κ1) is 12.5. The summed E-state index contributed by atoms with van der Waals surface area (Å²) in [6.45, 7) is 1.83. The van der Waals surface area contributed by atoms with Gasteiger partial charge in [0, 0.05) is 21.6 Å². The van der Waals surface area contributed by atoms with Gasteiger partial charge < -0.3 is 10.4 Å². The Labute approximate surface area is 102 Å². The van der Waals surface area contributed by atoms with Crippen molar-refractivity contribution in [2.24, 2.45) is 0 Å². The molecule has 5 heteroatoms. The molecule has 0 aliphatic carbocycles. The number of rotatable bonds is 3. The predicted molar refractivity (Wildman–Crippen MR) is 63.2 cm³/mol. The summed E-state index contributed by atoms with van der Waals surface area (Å²) in [6.07, 6.45) is -0.559. The van der Waals surface area contributed by atoms with Gasteiger partial charge in [-0.15, -0.1) is 0 Å². The highest BCUT2D eigenvalue weighted by Gasteiger charge is 2.07. The number of hydrogen-bond donors (Lipinski definition) is 2. The summed E-state index contributed by atoms with van der Waals surface area (Å²) in [4.78, 5) is 11.6. The Kier molecular flexibility index (Phi) is 4.57. The second kappa shape index (κ2) is 5.49. The van der Waals surface area contributed by atoms with Crippen molar-refractivity contribution in [1.82, 2.24) is 5.32 Å². The third kappa shape index (κ3) is 4.20. The van der Waals surface area contributed by atoms with Crippen LogP contribution in [-0.4, -0.2) is 23.7 Å². The van der Waals surface area contributed by atoms with Crippen molar-refractivity contribution in [2.45, 2.75) is 13.0 Å². The largest absolute Gasteiger partial charge is 0.392 e. The minimum absolute atomic E-state index is 0.225. The molecule has 0 aliphatic rings. The number of aliphatic hydroxyl groups excluding tert-OH is 1. The summed E-state index contributed by atoms with van der Waals surface area (Å²) in [5, 5.41) is 12.1. The van der Waals surface area contributed by atoms with Gasteiger partial charge in [0.05, 0.1) is 6.10 Å². The highest BCUT2D eigenvalue weighted by Crippen LogP contribution is 2.19. The average molecular weight is 293 g/mol. The molecular weight excluding hydrogens is 281 g/mol. The summed E-state index contributed by atoms with van der Waals surface area (Å²) >= 11 is 9.04. The minimum Gasteiger partial charge on any atom is -0.392 e. The van der Waals surface area contributed by atoms with Gasteiger partial charge in [0.25, 0.3) is 5.91 Å². The molecule has 0 bridgehead atoms. The highest BCUT2D eigenvalue weighted by atomic mass is 79.9. The van der Waals surface area contributed by atoms with E-state index in [2.05, 4.69) is 21.2 Å². The van der Waals surface area contributed by atoms with Crippen LogP contribution in [0.3, 0.4) is 0 Å². The van der Waals surface area contributed by atoms with Crippen LogP contribution in [0.4, 0.5) is 0 Å². The van der Waals surface area contributed by atoms with Crippen LogP contribution in [0.2, 0.25) is 5.02 Å². The van der Waals surface area contributed by atoms with E-state index in [1.807, 2.05) is 0 Å². The lowest BCUT2D eigenvalue weighted by molar-refractivity contribution is 0.0924. The number of aliphatic hydroxyl groups is 1. The summed E-state index contributed by atoms with van der Waals surface area (Å²) < 4.78 is 0.747. The van der Waals surface area contributed by atoms with Gasteiger partial charge in [0.1, 0.15) is 0 Å². The second-order valence-corrected chi connectivity index (χ2v) is 4.57. The quantitative estimate of drug-likeness (QED) is 0.897. The summed E-state index contributed by atoms with van der Waals surface area (Å²) in [5.41, 5.74) is 0.468. The molecule has 0 radical (unpaired) electrons. The summed E-state index contributed by atoms with van der Waals surface area (Å²) in [5.74, 6) is -0.251. The first-order valence-electron chi connectivity index (χ1n) is 4.41. The fourth-order valence-corrected chi connectivity index (χ4v) is 1.89. The van der Waals surface area contributed by atoms with Crippen molar-refractivity contribution >= 4 is 33.4 Å². The molecule has 1 aromatic rings. The molecule has 0 unspecified atom stereocenters. The van der Waals surface area contributed by atoms with E-state index in [1.165, 1.54) is 0 Å². The molecule has 1 rings (SSSR count). The maximum absolute atomic E-state index is 11.6.